The van der Waals surface area contributed by atoms with Crippen LogP contribution in [-0.2, 0) is 11.3 Å². The molecular weight excluding hydrogens is 282 g/mol. The summed E-state index contributed by atoms with van der Waals surface area (Å²) in [7, 11) is 1.83. The first-order valence-corrected chi connectivity index (χ1v) is 9.16. The minimum absolute atomic E-state index is 0.445. The molecule has 21 heavy (non-hydrogen) atoms. The van der Waals surface area contributed by atoms with Crippen molar-refractivity contribution in [2.24, 2.45) is 0 Å². The molecule has 2 saturated carbocycles. The summed E-state index contributed by atoms with van der Waals surface area (Å²) >= 11 is 1.92. The van der Waals surface area contributed by atoms with Gasteiger partial charge in [-0.3, -0.25) is 0 Å². The Balaban J connectivity index is 1.45. The number of piperidine rings is 1. The number of hydrogen-bond acceptors (Lipinski definition) is 5. The average Bonchev–Trinajstić information content (AvgIpc) is 3.44. The van der Waals surface area contributed by atoms with Crippen LogP contribution in [0.3, 0.4) is 0 Å². The van der Waals surface area contributed by atoms with Crippen molar-refractivity contribution in [1.29, 1.82) is 0 Å². The highest BCUT2D eigenvalue weighted by Gasteiger charge is 2.32. The molecule has 4 rings (SSSR count). The minimum Gasteiger partial charge on any atom is -0.381 e. The first-order valence-electron chi connectivity index (χ1n) is 8.34. The molecule has 0 amide bonds. The molecule has 1 aromatic rings. The van der Waals surface area contributed by atoms with Crippen molar-refractivity contribution in [3.8, 4) is 0 Å². The molecule has 0 aromatic carbocycles. The number of nitrogens with one attached hydrogen (secondary N) is 1. The monoisotopic (exact) mass is 307 g/mol. The molecule has 2 aliphatic carbocycles. The van der Waals surface area contributed by atoms with Crippen molar-refractivity contribution in [2.75, 3.05) is 25.1 Å². The summed E-state index contributed by atoms with van der Waals surface area (Å²) in [5, 5.41) is 4.91. The zero-order chi connectivity index (χ0) is 14.2. The van der Waals surface area contributed by atoms with E-state index < -0.39 is 0 Å². The lowest BCUT2D eigenvalue weighted by atomic mass is 10.1. The van der Waals surface area contributed by atoms with E-state index in [9.17, 15) is 0 Å². The minimum atomic E-state index is 0.445. The topological polar surface area (TPSA) is 37.4 Å². The van der Waals surface area contributed by atoms with Gasteiger partial charge in [-0.25, -0.2) is 4.98 Å². The van der Waals surface area contributed by atoms with E-state index in [1.807, 2.05) is 18.4 Å². The van der Waals surface area contributed by atoms with Gasteiger partial charge in [-0.05, 0) is 38.5 Å². The number of nitrogens with zero attached hydrogens (tertiary/aromatic N) is 2. The molecule has 5 heteroatoms. The van der Waals surface area contributed by atoms with Gasteiger partial charge in [-0.2, -0.15) is 0 Å². The van der Waals surface area contributed by atoms with Crippen LogP contribution in [0.5, 0.6) is 0 Å². The summed E-state index contributed by atoms with van der Waals surface area (Å²) in [6.07, 6.45) is 8.09. The molecule has 3 fully saturated rings. The predicted octanol–water partition coefficient (Wildman–Crippen LogP) is 2.89. The van der Waals surface area contributed by atoms with Gasteiger partial charge >= 0.3 is 0 Å². The Morgan fingerprint density at radius 3 is 2.57 bits per heavy atom. The summed E-state index contributed by atoms with van der Waals surface area (Å²) in [6, 6.07) is 0.778. The molecule has 4 nitrogen and oxygen atoms in total. The van der Waals surface area contributed by atoms with Gasteiger partial charge in [0, 0.05) is 43.6 Å². The van der Waals surface area contributed by atoms with E-state index in [0.29, 0.717) is 6.10 Å². The molecule has 1 N–H and O–H groups in total. The molecule has 3 aliphatic rings. The van der Waals surface area contributed by atoms with E-state index in [2.05, 4.69) is 10.2 Å². The van der Waals surface area contributed by atoms with Crippen LogP contribution < -0.4 is 10.2 Å². The third kappa shape index (κ3) is 3.25. The summed E-state index contributed by atoms with van der Waals surface area (Å²) < 4.78 is 5.47. The zero-order valence-corrected chi connectivity index (χ0v) is 13.6. The van der Waals surface area contributed by atoms with Crippen LogP contribution in [0.2, 0.25) is 0 Å². The molecule has 1 aliphatic heterocycles. The lowest BCUT2D eigenvalue weighted by Gasteiger charge is -2.30. The normalized spacial score (nSPS) is 23.8. The number of rotatable bonds is 6. The number of anilines is 1. The second-order valence-corrected chi connectivity index (χ2v) is 7.72. The van der Waals surface area contributed by atoms with Crippen molar-refractivity contribution in [1.82, 2.24) is 10.3 Å². The molecule has 0 radical (unpaired) electrons. The maximum Gasteiger partial charge on any atom is 0.185 e. The quantitative estimate of drug-likeness (QED) is 0.877. The molecule has 0 unspecified atom stereocenters. The second kappa shape index (κ2) is 5.86. The van der Waals surface area contributed by atoms with Crippen molar-refractivity contribution in [2.45, 2.75) is 63.1 Å². The summed E-state index contributed by atoms with van der Waals surface area (Å²) in [5.74, 6) is 0.752. The van der Waals surface area contributed by atoms with E-state index in [1.54, 1.807) is 0 Å². The smallest absolute Gasteiger partial charge is 0.185 e. The third-order valence-corrected chi connectivity index (χ3v) is 5.99. The SMILES string of the molecule is COC1CCN(c2nc(C3CC3)c(CNC3CC3)s2)CC1. The van der Waals surface area contributed by atoms with Gasteiger partial charge in [-0.1, -0.05) is 0 Å². The highest BCUT2D eigenvalue weighted by atomic mass is 32.1. The first-order chi connectivity index (χ1) is 10.3. The summed E-state index contributed by atoms with van der Waals surface area (Å²) in [6.45, 7) is 3.21. The van der Waals surface area contributed by atoms with Crippen molar-refractivity contribution >= 4 is 16.5 Å². The Bertz CT molecular complexity index is 488. The van der Waals surface area contributed by atoms with Crippen LogP contribution in [0.15, 0.2) is 0 Å². The molecule has 0 bridgehead atoms. The van der Waals surface area contributed by atoms with E-state index in [-0.39, 0.29) is 0 Å². The molecule has 0 atom stereocenters. The zero-order valence-electron chi connectivity index (χ0n) is 12.8. The Kier molecular flexibility index (Phi) is 3.90. The van der Waals surface area contributed by atoms with E-state index in [1.165, 1.54) is 41.4 Å². The molecule has 0 spiro atoms. The Morgan fingerprint density at radius 2 is 1.95 bits per heavy atom. The molecule has 1 aromatic heterocycles. The van der Waals surface area contributed by atoms with Gasteiger partial charge < -0.3 is 15.0 Å². The standard InChI is InChI=1S/C16H25N3OS/c1-20-13-6-8-19(9-7-13)16-18-15(11-2-3-11)14(21-16)10-17-12-4-5-12/h11-13,17H,2-10H2,1H3. The molecular formula is C16H25N3OS. The third-order valence-electron chi connectivity index (χ3n) is 4.85. The highest BCUT2D eigenvalue weighted by molar-refractivity contribution is 7.15. The van der Waals surface area contributed by atoms with Crippen molar-refractivity contribution < 1.29 is 4.74 Å². The maximum atomic E-state index is 5.47. The Morgan fingerprint density at radius 1 is 1.19 bits per heavy atom. The predicted molar refractivity (Wildman–Crippen MR) is 86.2 cm³/mol. The maximum absolute atomic E-state index is 5.47. The van der Waals surface area contributed by atoms with Gasteiger partial charge in [0.15, 0.2) is 5.13 Å². The van der Waals surface area contributed by atoms with Gasteiger partial charge in [-0.15, -0.1) is 11.3 Å². The molecule has 1 saturated heterocycles. The summed E-state index contributed by atoms with van der Waals surface area (Å²) in [4.78, 5) is 8.97. The Labute approximate surface area is 130 Å². The fourth-order valence-corrected chi connectivity index (χ4v) is 4.24. The lowest BCUT2D eigenvalue weighted by Crippen LogP contribution is -2.36. The van der Waals surface area contributed by atoms with Crippen LogP contribution in [0.25, 0.3) is 0 Å². The van der Waals surface area contributed by atoms with Gasteiger partial charge in [0.1, 0.15) is 0 Å². The van der Waals surface area contributed by atoms with Gasteiger partial charge in [0.25, 0.3) is 0 Å². The van der Waals surface area contributed by atoms with E-state index >= 15 is 0 Å². The highest BCUT2D eigenvalue weighted by Crippen LogP contribution is 2.44. The van der Waals surface area contributed by atoms with E-state index in [0.717, 1.165) is 44.4 Å². The van der Waals surface area contributed by atoms with E-state index in [4.69, 9.17) is 9.72 Å². The van der Waals surface area contributed by atoms with Crippen LogP contribution >= 0.6 is 11.3 Å². The van der Waals surface area contributed by atoms with Gasteiger partial charge in [0.2, 0.25) is 0 Å². The fourth-order valence-electron chi connectivity index (χ4n) is 3.10. The fraction of sp³-hybridized carbons (Fsp3) is 0.812. The summed E-state index contributed by atoms with van der Waals surface area (Å²) in [5.41, 5.74) is 1.40. The number of ether oxygens (including phenoxy) is 1. The van der Waals surface area contributed by atoms with Crippen LogP contribution in [0.4, 0.5) is 5.13 Å². The first kappa shape index (κ1) is 14.0. The van der Waals surface area contributed by atoms with Crippen LogP contribution in [-0.4, -0.2) is 37.3 Å². The number of thiazole rings is 1. The number of aromatic nitrogens is 1. The largest absolute Gasteiger partial charge is 0.381 e. The van der Waals surface area contributed by atoms with Crippen molar-refractivity contribution in [3.05, 3.63) is 10.6 Å². The van der Waals surface area contributed by atoms with Crippen LogP contribution in [0.1, 0.15) is 55.0 Å². The molecule has 116 valence electrons. The van der Waals surface area contributed by atoms with Crippen LogP contribution in [0, 0.1) is 0 Å². The van der Waals surface area contributed by atoms with Gasteiger partial charge in [0.05, 0.1) is 11.8 Å². The molecule has 2 heterocycles. The van der Waals surface area contributed by atoms with Crippen molar-refractivity contribution in [3.63, 3.8) is 0 Å². The lowest BCUT2D eigenvalue weighted by molar-refractivity contribution is 0.0819. The number of hydrogen-bond donors (Lipinski definition) is 1. The Hall–Kier alpha value is -0.650. The number of methoxy groups -OCH3 is 1. The second-order valence-electron chi connectivity index (χ2n) is 6.66. The average molecular weight is 307 g/mol.